The molecule has 1 aromatic heterocycles. The molecule has 1 unspecified atom stereocenters. The molecular formula is C14H11BrCl3NS. The van der Waals surface area contributed by atoms with Crippen LogP contribution in [0.25, 0.3) is 0 Å². The maximum absolute atomic E-state index is 6.24. The Bertz CT molecular complexity index is 656. The van der Waals surface area contributed by atoms with Gasteiger partial charge in [0.25, 0.3) is 0 Å². The van der Waals surface area contributed by atoms with Crippen LogP contribution in [0.4, 0.5) is 5.69 Å². The Morgan fingerprint density at radius 1 is 1.10 bits per heavy atom. The van der Waals surface area contributed by atoms with Crippen LogP contribution in [0, 0.1) is 0 Å². The molecule has 1 heterocycles. The molecule has 0 amide bonds. The molecule has 0 radical (unpaired) electrons. The Balaban J connectivity index is 1.91. The number of fused-ring (bicyclic) bond motifs is 1. The van der Waals surface area contributed by atoms with Crippen molar-refractivity contribution in [1.82, 2.24) is 0 Å². The molecule has 0 spiro atoms. The molecule has 0 saturated heterocycles. The summed E-state index contributed by atoms with van der Waals surface area (Å²) in [6, 6.07) is 5.95. The van der Waals surface area contributed by atoms with Crippen molar-refractivity contribution in [3.8, 4) is 0 Å². The van der Waals surface area contributed by atoms with Gasteiger partial charge >= 0.3 is 0 Å². The predicted octanol–water partition coefficient (Wildman–Crippen LogP) is 6.96. The van der Waals surface area contributed by atoms with Gasteiger partial charge in [0, 0.05) is 4.88 Å². The largest absolute Gasteiger partial charge is 0.377 e. The van der Waals surface area contributed by atoms with E-state index in [0.29, 0.717) is 15.1 Å². The van der Waals surface area contributed by atoms with E-state index in [-0.39, 0.29) is 6.04 Å². The van der Waals surface area contributed by atoms with Crippen molar-refractivity contribution in [2.24, 2.45) is 0 Å². The Morgan fingerprint density at radius 2 is 1.85 bits per heavy atom. The molecular weight excluding hydrogens is 400 g/mol. The van der Waals surface area contributed by atoms with E-state index in [9.17, 15) is 0 Å². The summed E-state index contributed by atoms with van der Waals surface area (Å²) < 4.78 is 1.18. The van der Waals surface area contributed by atoms with E-state index in [2.05, 4.69) is 27.3 Å². The Morgan fingerprint density at radius 3 is 2.65 bits per heavy atom. The third-order valence-corrected chi connectivity index (χ3v) is 6.17. The van der Waals surface area contributed by atoms with E-state index >= 15 is 0 Å². The van der Waals surface area contributed by atoms with Gasteiger partial charge in [-0.3, -0.25) is 0 Å². The fourth-order valence-electron chi connectivity index (χ4n) is 2.49. The first-order valence-electron chi connectivity index (χ1n) is 6.24. The van der Waals surface area contributed by atoms with Crippen molar-refractivity contribution in [2.75, 3.05) is 5.32 Å². The van der Waals surface area contributed by atoms with Crippen LogP contribution in [0.2, 0.25) is 15.1 Å². The highest BCUT2D eigenvalue weighted by molar-refractivity contribution is 9.11. The molecule has 20 heavy (non-hydrogen) atoms. The molecule has 1 aliphatic carbocycles. The lowest BCUT2D eigenvalue weighted by atomic mass is 9.94. The first-order chi connectivity index (χ1) is 9.54. The van der Waals surface area contributed by atoms with Gasteiger partial charge in [-0.25, -0.2) is 0 Å². The highest BCUT2D eigenvalue weighted by Crippen LogP contribution is 2.41. The minimum absolute atomic E-state index is 0.274. The van der Waals surface area contributed by atoms with Crippen molar-refractivity contribution in [3.63, 3.8) is 0 Å². The maximum Gasteiger partial charge on any atom is 0.0705 e. The highest BCUT2D eigenvalue weighted by atomic mass is 79.9. The number of nitrogens with one attached hydrogen (secondary N) is 1. The number of hydrogen-bond acceptors (Lipinski definition) is 2. The summed E-state index contributed by atoms with van der Waals surface area (Å²) in [5.41, 5.74) is 2.19. The van der Waals surface area contributed by atoms with Crippen molar-refractivity contribution < 1.29 is 0 Å². The third-order valence-electron chi connectivity index (χ3n) is 3.42. The summed E-state index contributed by atoms with van der Waals surface area (Å²) in [4.78, 5) is 1.44. The summed E-state index contributed by atoms with van der Waals surface area (Å²) in [6.45, 7) is 0. The van der Waals surface area contributed by atoms with Crippen LogP contribution in [0.15, 0.2) is 22.0 Å². The summed E-state index contributed by atoms with van der Waals surface area (Å²) >= 11 is 23.7. The fraction of sp³-hybridized carbons (Fsp3) is 0.286. The van der Waals surface area contributed by atoms with Crippen LogP contribution >= 0.6 is 62.1 Å². The zero-order valence-electron chi connectivity index (χ0n) is 10.4. The van der Waals surface area contributed by atoms with Crippen molar-refractivity contribution in [1.29, 1.82) is 0 Å². The Kier molecular flexibility index (Phi) is 4.54. The monoisotopic (exact) mass is 409 g/mol. The van der Waals surface area contributed by atoms with Gasteiger partial charge in [-0.2, -0.15) is 0 Å². The maximum atomic E-state index is 6.24. The van der Waals surface area contributed by atoms with Gasteiger partial charge in [0.05, 0.1) is 30.6 Å². The number of aryl methyl sites for hydroxylation is 1. The molecule has 1 aromatic carbocycles. The third kappa shape index (κ3) is 2.97. The molecule has 1 nitrogen and oxygen atoms in total. The van der Waals surface area contributed by atoms with E-state index < -0.39 is 0 Å². The molecule has 1 aliphatic rings. The molecule has 6 heteroatoms. The number of thiophene rings is 1. The average molecular weight is 412 g/mol. The number of hydrogen-bond donors (Lipinski definition) is 1. The van der Waals surface area contributed by atoms with Gasteiger partial charge in [0.2, 0.25) is 0 Å². The summed E-state index contributed by atoms with van der Waals surface area (Å²) in [5, 5.41) is 5.09. The van der Waals surface area contributed by atoms with Gasteiger partial charge in [-0.15, -0.1) is 11.3 Å². The number of rotatable bonds is 2. The lowest BCUT2D eigenvalue weighted by Gasteiger charge is -2.25. The van der Waals surface area contributed by atoms with E-state index in [4.69, 9.17) is 34.8 Å². The lowest BCUT2D eigenvalue weighted by Crippen LogP contribution is -2.15. The molecule has 3 rings (SSSR count). The van der Waals surface area contributed by atoms with Gasteiger partial charge in [0.1, 0.15) is 0 Å². The summed E-state index contributed by atoms with van der Waals surface area (Å²) in [7, 11) is 0. The standard InChI is InChI=1S/C14H11BrCl3NS/c15-14-4-7-11(2-1-3-13(7)20-14)19-12-6-9(17)8(16)5-10(12)18/h4-6,11,19H,1-3H2. The molecule has 106 valence electrons. The smallest absolute Gasteiger partial charge is 0.0705 e. The zero-order valence-corrected chi connectivity index (χ0v) is 15.0. The number of anilines is 1. The fourth-order valence-corrected chi connectivity index (χ4v) is 4.91. The normalized spacial score (nSPS) is 17.9. The Hall–Kier alpha value is 0.0700. The average Bonchev–Trinajstić information content (AvgIpc) is 2.77. The van der Waals surface area contributed by atoms with Gasteiger partial charge in [0.15, 0.2) is 0 Å². The topological polar surface area (TPSA) is 12.0 Å². The van der Waals surface area contributed by atoms with E-state index in [1.807, 2.05) is 11.3 Å². The second-order valence-electron chi connectivity index (χ2n) is 4.76. The minimum Gasteiger partial charge on any atom is -0.377 e. The second kappa shape index (κ2) is 6.05. The van der Waals surface area contributed by atoms with Crippen LogP contribution in [0.3, 0.4) is 0 Å². The minimum atomic E-state index is 0.274. The zero-order chi connectivity index (χ0) is 14.3. The quantitative estimate of drug-likeness (QED) is 0.527. The van der Waals surface area contributed by atoms with Gasteiger partial charge in [-0.05, 0) is 59.0 Å². The first-order valence-corrected chi connectivity index (χ1v) is 8.98. The van der Waals surface area contributed by atoms with Crippen molar-refractivity contribution >= 4 is 67.8 Å². The van der Waals surface area contributed by atoms with E-state index in [1.165, 1.54) is 20.6 Å². The van der Waals surface area contributed by atoms with Crippen LogP contribution in [0.1, 0.15) is 29.3 Å². The van der Waals surface area contributed by atoms with Crippen LogP contribution in [-0.2, 0) is 6.42 Å². The lowest BCUT2D eigenvalue weighted by molar-refractivity contribution is 0.609. The van der Waals surface area contributed by atoms with E-state index in [1.54, 1.807) is 12.1 Å². The van der Waals surface area contributed by atoms with Crippen LogP contribution in [-0.4, -0.2) is 0 Å². The molecule has 2 aromatic rings. The van der Waals surface area contributed by atoms with Crippen LogP contribution < -0.4 is 5.32 Å². The molecule has 1 atom stereocenters. The van der Waals surface area contributed by atoms with Gasteiger partial charge in [-0.1, -0.05) is 34.8 Å². The summed E-state index contributed by atoms with van der Waals surface area (Å²) in [6.07, 6.45) is 3.42. The molecule has 0 fully saturated rings. The SMILES string of the molecule is Clc1cc(Cl)c(NC2CCCc3sc(Br)cc32)cc1Cl. The predicted molar refractivity (Wildman–Crippen MR) is 92.8 cm³/mol. The Labute approximate surface area is 145 Å². The van der Waals surface area contributed by atoms with E-state index in [0.717, 1.165) is 18.5 Å². The summed E-state index contributed by atoms with van der Waals surface area (Å²) in [5.74, 6) is 0. The number of halogens is 4. The van der Waals surface area contributed by atoms with Crippen LogP contribution in [0.5, 0.6) is 0 Å². The van der Waals surface area contributed by atoms with Crippen molar-refractivity contribution in [3.05, 3.63) is 47.5 Å². The van der Waals surface area contributed by atoms with Gasteiger partial charge < -0.3 is 5.32 Å². The molecule has 0 bridgehead atoms. The molecule has 0 saturated carbocycles. The highest BCUT2D eigenvalue weighted by Gasteiger charge is 2.23. The molecule has 0 aliphatic heterocycles. The number of benzene rings is 1. The first kappa shape index (κ1) is 15.0. The second-order valence-corrected chi connectivity index (χ2v) is 8.50. The molecule has 1 N–H and O–H groups in total. The van der Waals surface area contributed by atoms with Crippen molar-refractivity contribution in [2.45, 2.75) is 25.3 Å².